The summed E-state index contributed by atoms with van der Waals surface area (Å²) < 4.78 is 0. The van der Waals surface area contributed by atoms with Crippen LogP contribution in [0.15, 0.2) is 48.8 Å². The van der Waals surface area contributed by atoms with Gasteiger partial charge in [0.25, 0.3) is 0 Å². The molecule has 0 amide bonds. The van der Waals surface area contributed by atoms with Crippen molar-refractivity contribution in [2.24, 2.45) is 5.73 Å². The molecule has 16 heavy (non-hydrogen) atoms. The molecule has 2 N–H and O–H groups in total. The maximum atomic E-state index is 6.10. The minimum Gasteiger partial charge on any atom is -0.324 e. The highest BCUT2D eigenvalue weighted by atomic mass is 35.5. The third kappa shape index (κ3) is 2.60. The Morgan fingerprint density at radius 2 is 2.00 bits per heavy atom. The van der Waals surface area contributed by atoms with E-state index >= 15 is 0 Å². The number of rotatable bonds is 3. The summed E-state index contributed by atoms with van der Waals surface area (Å²) in [5.74, 6) is 0. The van der Waals surface area contributed by atoms with E-state index in [1.54, 1.807) is 12.4 Å². The van der Waals surface area contributed by atoms with Gasteiger partial charge in [-0.1, -0.05) is 35.9 Å². The topological polar surface area (TPSA) is 38.9 Å². The predicted molar refractivity (Wildman–Crippen MR) is 66.3 cm³/mol. The number of hydrogen-bond acceptors (Lipinski definition) is 2. The molecule has 3 heteroatoms. The van der Waals surface area contributed by atoms with E-state index in [1.165, 1.54) is 0 Å². The van der Waals surface area contributed by atoms with Crippen molar-refractivity contribution in [2.75, 3.05) is 0 Å². The van der Waals surface area contributed by atoms with Gasteiger partial charge in [-0.25, -0.2) is 0 Å². The number of pyridine rings is 1. The van der Waals surface area contributed by atoms with Crippen LogP contribution in [0, 0.1) is 0 Å². The first kappa shape index (κ1) is 11.1. The van der Waals surface area contributed by atoms with Crippen LogP contribution >= 0.6 is 11.6 Å². The van der Waals surface area contributed by atoms with Crippen LogP contribution < -0.4 is 5.73 Å². The third-order valence-electron chi connectivity index (χ3n) is 2.51. The molecule has 0 aliphatic carbocycles. The van der Waals surface area contributed by atoms with Crippen molar-refractivity contribution in [2.45, 2.75) is 12.5 Å². The minimum absolute atomic E-state index is 0.0615. The maximum Gasteiger partial charge on any atom is 0.0438 e. The van der Waals surface area contributed by atoms with Crippen LogP contribution in [0.5, 0.6) is 0 Å². The second-order valence-electron chi connectivity index (χ2n) is 3.69. The molecule has 0 bridgehead atoms. The molecule has 2 nitrogen and oxygen atoms in total. The van der Waals surface area contributed by atoms with Gasteiger partial charge in [-0.3, -0.25) is 4.98 Å². The molecule has 0 spiro atoms. The number of nitrogens with zero attached hydrogens (tertiary/aromatic N) is 1. The standard InChI is InChI=1S/C13H13ClN2/c14-12-6-2-1-4-10(12)8-13(15)11-5-3-7-16-9-11/h1-7,9,13H,8,15H2. The van der Waals surface area contributed by atoms with Gasteiger partial charge in [0.05, 0.1) is 0 Å². The Balaban J connectivity index is 2.14. The van der Waals surface area contributed by atoms with E-state index in [0.717, 1.165) is 22.6 Å². The molecular formula is C13H13ClN2. The number of halogens is 1. The third-order valence-corrected chi connectivity index (χ3v) is 2.88. The lowest BCUT2D eigenvalue weighted by molar-refractivity contribution is 0.718. The van der Waals surface area contributed by atoms with Gasteiger partial charge < -0.3 is 5.73 Å². The lowest BCUT2D eigenvalue weighted by atomic mass is 10.0. The smallest absolute Gasteiger partial charge is 0.0438 e. The molecule has 0 aliphatic heterocycles. The highest BCUT2D eigenvalue weighted by molar-refractivity contribution is 6.31. The summed E-state index contributed by atoms with van der Waals surface area (Å²) in [5, 5.41) is 0.766. The molecule has 82 valence electrons. The molecule has 2 rings (SSSR count). The van der Waals surface area contributed by atoms with Gasteiger partial charge in [0, 0.05) is 23.5 Å². The molecule has 2 aromatic rings. The molecule has 0 saturated carbocycles. The van der Waals surface area contributed by atoms with Crippen LogP contribution in [0.3, 0.4) is 0 Å². The van der Waals surface area contributed by atoms with Gasteiger partial charge in [-0.2, -0.15) is 0 Å². The van der Waals surface area contributed by atoms with Gasteiger partial charge in [0.1, 0.15) is 0 Å². The SMILES string of the molecule is NC(Cc1ccccc1Cl)c1cccnc1. The Labute approximate surface area is 100 Å². The Bertz CT molecular complexity index is 456. The number of hydrogen-bond donors (Lipinski definition) is 1. The monoisotopic (exact) mass is 232 g/mol. The molecule has 0 radical (unpaired) electrons. The van der Waals surface area contributed by atoms with E-state index in [2.05, 4.69) is 4.98 Å². The molecule has 1 heterocycles. The first-order valence-electron chi connectivity index (χ1n) is 5.16. The molecule has 1 aromatic heterocycles. The Kier molecular flexibility index (Phi) is 3.54. The van der Waals surface area contributed by atoms with Gasteiger partial charge in [0.15, 0.2) is 0 Å². The van der Waals surface area contributed by atoms with Crippen molar-refractivity contribution in [1.29, 1.82) is 0 Å². The van der Waals surface area contributed by atoms with Crippen LogP contribution in [0.1, 0.15) is 17.2 Å². The van der Waals surface area contributed by atoms with Gasteiger partial charge >= 0.3 is 0 Å². The zero-order valence-electron chi connectivity index (χ0n) is 8.81. The quantitative estimate of drug-likeness (QED) is 0.884. The fourth-order valence-corrected chi connectivity index (χ4v) is 1.83. The van der Waals surface area contributed by atoms with Crippen LogP contribution in [0.4, 0.5) is 0 Å². The van der Waals surface area contributed by atoms with Crippen molar-refractivity contribution in [3.05, 3.63) is 64.9 Å². The first-order chi connectivity index (χ1) is 7.77. The fraction of sp³-hybridized carbons (Fsp3) is 0.154. The first-order valence-corrected chi connectivity index (χ1v) is 5.54. The normalized spacial score (nSPS) is 12.4. The molecule has 1 atom stereocenters. The summed E-state index contributed by atoms with van der Waals surface area (Å²) in [6, 6.07) is 11.6. The van der Waals surface area contributed by atoms with Gasteiger partial charge in [0.2, 0.25) is 0 Å². The number of aromatic nitrogens is 1. The van der Waals surface area contributed by atoms with Gasteiger partial charge in [-0.05, 0) is 29.7 Å². The zero-order chi connectivity index (χ0) is 11.4. The van der Waals surface area contributed by atoms with E-state index < -0.39 is 0 Å². The van der Waals surface area contributed by atoms with Crippen molar-refractivity contribution < 1.29 is 0 Å². The summed E-state index contributed by atoms with van der Waals surface area (Å²) in [7, 11) is 0. The van der Waals surface area contributed by atoms with Crippen molar-refractivity contribution in [1.82, 2.24) is 4.98 Å². The van der Waals surface area contributed by atoms with E-state index in [9.17, 15) is 0 Å². The summed E-state index contributed by atoms with van der Waals surface area (Å²) in [5.41, 5.74) is 8.20. The Morgan fingerprint density at radius 1 is 1.19 bits per heavy atom. The average Bonchev–Trinajstić information content (AvgIpc) is 2.33. The molecular weight excluding hydrogens is 220 g/mol. The van der Waals surface area contributed by atoms with Crippen LogP contribution in [0.25, 0.3) is 0 Å². The Morgan fingerprint density at radius 3 is 2.69 bits per heavy atom. The Hall–Kier alpha value is -1.38. The second kappa shape index (κ2) is 5.10. The molecule has 0 fully saturated rings. The predicted octanol–water partition coefficient (Wildman–Crippen LogP) is 2.98. The van der Waals surface area contributed by atoms with Crippen LogP contribution in [-0.2, 0) is 6.42 Å². The fourth-order valence-electron chi connectivity index (χ4n) is 1.61. The minimum atomic E-state index is -0.0615. The highest BCUT2D eigenvalue weighted by Crippen LogP contribution is 2.21. The van der Waals surface area contributed by atoms with Gasteiger partial charge in [-0.15, -0.1) is 0 Å². The van der Waals surface area contributed by atoms with E-state index in [0.29, 0.717) is 0 Å². The molecule has 1 unspecified atom stereocenters. The summed E-state index contributed by atoms with van der Waals surface area (Å²) >= 11 is 6.08. The van der Waals surface area contributed by atoms with Crippen molar-refractivity contribution >= 4 is 11.6 Å². The lowest BCUT2D eigenvalue weighted by Crippen LogP contribution is -2.13. The zero-order valence-corrected chi connectivity index (χ0v) is 9.56. The van der Waals surface area contributed by atoms with Crippen LogP contribution in [0.2, 0.25) is 5.02 Å². The van der Waals surface area contributed by atoms with Crippen molar-refractivity contribution in [3.8, 4) is 0 Å². The molecule has 0 aliphatic rings. The van der Waals surface area contributed by atoms with Crippen molar-refractivity contribution in [3.63, 3.8) is 0 Å². The van der Waals surface area contributed by atoms with E-state index in [1.807, 2.05) is 36.4 Å². The lowest BCUT2D eigenvalue weighted by Gasteiger charge is -2.12. The summed E-state index contributed by atoms with van der Waals surface area (Å²) in [6.07, 6.45) is 4.26. The number of benzene rings is 1. The number of nitrogens with two attached hydrogens (primary N) is 1. The molecule has 0 saturated heterocycles. The average molecular weight is 233 g/mol. The maximum absolute atomic E-state index is 6.10. The summed E-state index contributed by atoms with van der Waals surface area (Å²) in [6.45, 7) is 0. The van der Waals surface area contributed by atoms with E-state index in [4.69, 9.17) is 17.3 Å². The van der Waals surface area contributed by atoms with Crippen LogP contribution in [-0.4, -0.2) is 4.98 Å². The summed E-state index contributed by atoms with van der Waals surface area (Å²) in [4.78, 5) is 4.06. The second-order valence-corrected chi connectivity index (χ2v) is 4.10. The van der Waals surface area contributed by atoms with E-state index in [-0.39, 0.29) is 6.04 Å². The highest BCUT2D eigenvalue weighted by Gasteiger charge is 2.08. The largest absolute Gasteiger partial charge is 0.324 e. The molecule has 1 aromatic carbocycles.